The van der Waals surface area contributed by atoms with Crippen LogP contribution in [0.2, 0.25) is 0 Å². The number of benzene rings is 2. The molecule has 0 atom stereocenters. The third-order valence-electron chi connectivity index (χ3n) is 4.38. The summed E-state index contributed by atoms with van der Waals surface area (Å²) >= 11 is 0. The quantitative estimate of drug-likeness (QED) is 0.667. The molecule has 160 valence electrons. The van der Waals surface area contributed by atoms with Crippen LogP contribution < -0.4 is 14.8 Å². The fraction of sp³-hybridized carbons (Fsp3) is 0.364. The first kappa shape index (κ1) is 21.6. The van der Waals surface area contributed by atoms with E-state index >= 15 is 0 Å². The van der Waals surface area contributed by atoms with Gasteiger partial charge in [-0.05, 0) is 36.8 Å². The van der Waals surface area contributed by atoms with Gasteiger partial charge in [-0.25, -0.2) is 4.39 Å². The van der Waals surface area contributed by atoms with Gasteiger partial charge in [0.1, 0.15) is 5.82 Å². The van der Waals surface area contributed by atoms with E-state index < -0.39 is 5.97 Å². The summed E-state index contributed by atoms with van der Waals surface area (Å²) in [7, 11) is 0. The molecule has 0 spiro atoms. The van der Waals surface area contributed by atoms with Gasteiger partial charge in [0.2, 0.25) is 5.91 Å². The summed E-state index contributed by atoms with van der Waals surface area (Å²) in [6.45, 7) is 3.32. The van der Waals surface area contributed by atoms with E-state index in [1.807, 2.05) is 0 Å². The molecule has 1 N–H and O–H groups in total. The van der Waals surface area contributed by atoms with Gasteiger partial charge in [0.25, 0.3) is 0 Å². The van der Waals surface area contributed by atoms with Gasteiger partial charge in [-0.2, -0.15) is 0 Å². The molecule has 0 unspecified atom stereocenters. The molecule has 0 aromatic heterocycles. The number of carbonyl (C=O) groups is 2. The van der Waals surface area contributed by atoms with E-state index in [4.69, 9.17) is 14.2 Å². The molecule has 0 saturated carbocycles. The molecule has 8 heteroatoms. The number of nitrogens with one attached hydrogen (secondary N) is 1. The summed E-state index contributed by atoms with van der Waals surface area (Å²) in [5.74, 6) is 0.160. The van der Waals surface area contributed by atoms with Crippen LogP contribution in [0.15, 0.2) is 42.5 Å². The van der Waals surface area contributed by atoms with E-state index in [-0.39, 0.29) is 31.4 Å². The first-order chi connectivity index (χ1) is 14.5. The van der Waals surface area contributed by atoms with Gasteiger partial charge in [-0.3, -0.25) is 14.5 Å². The molecule has 0 radical (unpaired) electrons. The SMILES string of the molecule is CCOC(=O)CN(CC(=O)Nc1ccc2c(c1)OCCCO2)Cc1ccc(F)cc1. The normalized spacial score (nSPS) is 12.9. The molecule has 2 aromatic rings. The van der Waals surface area contributed by atoms with Gasteiger partial charge in [-0.15, -0.1) is 0 Å². The second-order valence-electron chi connectivity index (χ2n) is 6.84. The second kappa shape index (κ2) is 10.6. The maximum atomic E-state index is 13.2. The smallest absolute Gasteiger partial charge is 0.320 e. The van der Waals surface area contributed by atoms with E-state index in [2.05, 4.69) is 5.32 Å². The van der Waals surface area contributed by atoms with Crippen LogP contribution in [0.4, 0.5) is 10.1 Å². The zero-order valence-corrected chi connectivity index (χ0v) is 16.9. The number of ether oxygens (including phenoxy) is 3. The standard InChI is InChI=1S/C22H25FN2O5/c1-2-28-22(27)15-25(13-16-4-6-17(23)7-5-16)14-21(26)24-18-8-9-19-20(12-18)30-11-3-10-29-19/h4-9,12H,2-3,10-11,13-15H2,1H3,(H,24,26). The molecule has 7 nitrogen and oxygen atoms in total. The average molecular weight is 416 g/mol. The molecule has 1 aliphatic heterocycles. The van der Waals surface area contributed by atoms with Crippen molar-refractivity contribution in [2.24, 2.45) is 0 Å². The second-order valence-corrected chi connectivity index (χ2v) is 6.84. The maximum absolute atomic E-state index is 13.2. The van der Waals surface area contributed by atoms with Crippen molar-refractivity contribution in [2.45, 2.75) is 19.9 Å². The van der Waals surface area contributed by atoms with Crippen molar-refractivity contribution in [2.75, 3.05) is 38.2 Å². The van der Waals surface area contributed by atoms with E-state index in [1.54, 1.807) is 42.2 Å². The highest BCUT2D eigenvalue weighted by Crippen LogP contribution is 2.32. The van der Waals surface area contributed by atoms with Crippen molar-refractivity contribution >= 4 is 17.6 Å². The Labute approximate surface area is 174 Å². The molecule has 30 heavy (non-hydrogen) atoms. The first-order valence-corrected chi connectivity index (χ1v) is 9.85. The molecule has 3 rings (SSSR count). The Hall–Kier alpha value is -3.13. The number of carbonyl (C=O) groups excluding carboxylic acids is 2. The van der Waals surface area contributed by atoms with Gasteiger partial charge < -0.3 is 19.5 Å². The number of hydrogen-bond acceptors (Lipinski definition) is 6. The summed E-state index contributed by atoms with van der Waals surface area (Å²) in [6.07, 6.45) is 0.794. The maximum Gasteiger partial charge on any atom is 0.320 e. The fourth-order valence-electron chi connectivity index (χ4n) is 3.05. The predicted molar refractivity (Wildman–Crippen MR) is 109 cm³/mol. The monoisotopic (exact) mass is 416 g/mol. The van der Waals surface area contributed by atoms with Crippen LogP contribution in [0.3, 0.4) is 0 Å². The molecule has 0 bridgehead atoms. The Morgan fingerprint density at radius 2 is 1.80 bits per heavy atom. The zero-order chi connectivity index (χ0) is 21.3. The molecule has 1 amide bonds. The van der Waals surface area contributed by atoms with Crippen molar-refractivity contribution in [1.29, 1.82) is 0 Å². The summed E-state index contributed by atoms with van der Waals surface area (Å²) < 4.78 is 29.4. The molecule has 1 aliphatic rings. The van der Waals surface area contributed by atoms with Crippen LogP contribution in [0.25, 0.3) is 0 Å². The fourth-order valence-corrected chi connectivity index (χ4v) is 3.05. The zero-order valence-electron chi connectivity index (χ0n) is 16.9. The predicted octanol–water partition coefficient (Wildman–Crippen LogP) is 2.99. The third kappa shape index (κ3) is 6.45. The van der Waals surface area contributed by atoms with Gasteiger partial charge in [0.05, 0.1) is 32.9 Å². The highest BCUT2D eigenvalue weighted by atomic mass is 19.1. The van der Waals surface area contributed by atoms with Gasteiger partial charge in [-0.1, -0.05) is 12.1 Å². The lowest BCUT2D eigenvalue weighted by atomic mass is 10.2. The van der Waals surface area contributed by atoms with Crippen LogP contribution in [0.5, 0.6) is 11.5 Å². The van der Waals surface area contributed by atoms with E-state index in [0.717, 1.165) is 12.0 Å². The lowest BCUT2D eigenvalue weighted by Gasteiger charge is -2.21. The Morgan fingerprint density at radius 1 is 1.07 bits per heavy atom. The van der Waals surface area contributed by atoms with E-state index in [9.17, 15) is 14.0 Å². The topological polar surface area (TPSA) is 77.1 Å². The minimum absolute atomic E-state index is 0.0371. The summed E-state index contributed by atoms with van der Waals surface area (Å²) in [5, 5.41) is 2.81. The number of hydrogen-bond donors (Lipinski definition) is 1. The van der Waals surface area contributed by atoms with E-state index in [0.29, 0.717) is 36.9 Å². The van der Waals surface area contributed by atoms with Gasteiger partial charge in [0, 0.05) is 24.7 Å². The lowest BCUT2D eigenvalue weighted by Crippen LogP contribution is -2.37. The van der Waals surface area contributed by atoms with Crippen LogP contribution in [-0.4, -0.2) is 49.7 Å². The third-order valence-corrected chi connectivity index (χ3v) is 4.38. The highest BCUT2D eigenvalue weighted by Gasteiger charge is 2.17. The Kier molecular flexibility index (Phi) is 7.62. The highest BCUT2D eigenvalue weighted by molar-refractivity contribution is 5.92. The molecule has 0 aliphatic carbocycles. The number of fused-ring (bicyclic) bond motifs is 1. The van der Waals surface area contributed by atoms with Crippen molar-refractivity contribution in [3.8, 4) is 11.5 Å². The van der Waals surface area contributed by atoms with E-state index in [1.165, 1.54) is 12.1 Å². The largest absolute Gasteiger partial charge is 0.490 e. The molecular formula is C22H25FN2O5. The number of halogens is 1. The number of anilines is 1. The average Bonchev–Trinajstić information content (AvgIpc) is 2.94. The summed E-state index contributed by atoms with van der Waals surface area (Å²) in [5.41, 5.74) is 1.35. The number of esters is 1. The van der Waals surface area contributed by atoms with Crippen molar-refractivity contribution in [1.82, 2.24) is 4.90 Å². The minimum Gasteiger partial charge on any atom is -0.490 e. The van der Waals surface area contributed by atoms with Crippen LogP contribution in [0.1, 0.15) is 18.9 Å². The summed E-state index contributed by atoms with van der Waals surface area (Å²) in [6, 6.07) is 11.1. The number of rotatable bonds is 8. The molecule has 1 heterocycles. The molecule has 0 fully saturated rings. The lowest BCUT2D eigenvalue weighted by molar-refractivity contribution is -0.144. The van der Waals surface area contributed by atoms with Crippen LogP contribution >= 0.6 is 0 Å². The Morgan fingerprint density at radius 3 is 2.53 bits per heavy atom. The first-order valence-electron chi connectivity index (χ1n) is 9.85. The number of nitrogens with zero attached hydrogens (tertiary/aromatic N) is 1. The minimum atomic E-state index is -0.428. The van der Waals surface area contributed by atoms with Crippen LogP contribution in [-0.2, 0) is 20.9 Å². The van der Waals surface area contributed by atoms with Crippen molar-refractivity contribution in [3.05, 3.63) is 53.8 Å². The molecular weight excluding hydrogens is 391 g/mol. The number of amides is 1. The van der Waals surface area contributed by atoms with Gasteiger partial charge >= 0.3 is 5.97 Å². The van der Waals surface area contributed by atoms with Gasteiger partial charge in [0.15, 0.2) is 11.5 Å². The van der Waals surface area contributed by atoms with Crippen LogP contribution in [0, 0.1) is 5.82 Å². The van der Waals surface area contributed by atoms with Crippen molar-refractivity contribution in [3.63, 3.8) is 0 Å². The summed E-state index contributed by atoms with van der Waals surface area (Å²) in [4.78, 5) is 26.2. The Bertz CT molecular complexity index is 872. The van der Waals surface area contributed by atoms with Crippen molar-refractivity contribution < 1.29 is 28.2 Å². The Balaban J connectivity index is 1.65. The molecule has 2 aromatic carbocycles. The molecule has 0 saturated heterocycles.